The third-order valence-corrected chi connectivity index (χ3v) is 4.59. The molecule has 5 rings (SSSR count). The van der Waals surface area contributed by atoms with Crippen LogP contribution in [-0.4, -0.2) is 16.0 Å². The van der Waals surface area contributed by atoms with Crippen molar-refractivity contribution >= 4 is 34.5 Å². The molecule has 5 heteroatoms. The number of para-hydroxylation sites is 2. The molecule has 3 heterocycles. The van der Waals surface area contributed by atoms with Crippen LogP contribution in [0.25, 0.3) is 28.6 Å². The minimum Gasteiger partial charge on any atom is -0.494 e. The Labute approximate surface area is 152 Å². The molecule has 0 radical (unpaired) electrons. The van der Waals surface area contributed by atoms with Gasteiger partial charge in [0, 0.05) is 21.7 Å². The molecule has 0 atom stereocenters. The number of aromatic amines is 1. The highest BCUT2D eigenvalue weighted by Gasteiger charge is 2.13. The van der Waals surface area contributed by atoms with Crippen molar-refractivity contribution in [2.45, 2.75) is 0 Å². The smallest absolute Gasteiger partial charge is 0.278 e. The van der Waals surface area contributed by atoms with Gasteiger partial charge < -0.3 is 14.5 Å². The number of furan rings is 1. The van der Waals surface area contributed by atoms with E-state index in [4.69, 9.17) is 4.42 Å². The van der Waals surface area contributed by atoms with Gasteiger partial charge in [-0.15, -0.1) is 0 Å². The fraction of sp³-hybridized carbons (Fsp3) is 0. The van der Waals surface area contributed by atoms with E-state index in [1.165, 1.54) is 0 Å². The number of carbonyl (C=O) groups excluding carboxylic acids is 1. The van der Waals surface area contributed by atoms with Crippen molar-refractivity contribution < 1.29 is 14.3 Å². The van der Waals surface area contributed by atoms with Gasteiger partial charge in [-0.1, -0.05) is 36.4 Å². The third-order valence-electron chi connectivity index (χ3n) is 4.59. The van der Waals surface area contributed by atoms with E-state index in [1.54, 1.807) is 24.3 Å². The maximum Gasteiger partial charge on any atom is 0.278 e. The van der Waals surface area contributed by atoms with Crippen LogP contribution in [0.1, 0.15) is 5.56 Å². The number of amides is 1. The van der Waals surface area contributed by atoms with E-state index >= 15 is 0 Å². The highest BCUT2D eigenvalue weighted by molar-refractivity contribution is 6.24. The molecule has 1 aliphatic rings. The average Bonchev–Trinajstić information content (AvgIpc) is 3.33. The summed E-state index contributed by atoms with van der Waals surface area (Å²) in [6, 6.07) is 18.7. The Morgan fingerprint density at radius 3 is 2.56 bits per heavy atom. The lowest BCUT2D eigenvalue weighted by Gasteiger charge is -1.90. The second kappa shape index (κ2) is 5.85. The molecule has 2 aromatic carbocycles. The van der Waals surface area contributed by atoms with E-state index in [9.17, 15) is 9.90 Å². The molecular weight excluding hydrogens is 340 g/mol. The molecule has 0 unspecified atom stereocenters. The zero-order valence-corrected chi connectivity index (χ0v) is 14.1. The number of nitrogens with one attached hydrogen (secondary N) is 1. The predicted molar refractivity (Wildman–Crippen MR) is 102 cm³/mol. The number of hydrogen-bond acceptors (Lipinski definition) is 3. The Morgan fingerprint density at radius 1 is 0.926 bits per heavy atom. The monoisotopic (exact) mass is 354 g/mol. The van der Waals surface area contributed by atoms with Crippen LogP contribution in [0.2, 0.25) is 0 Å². The van der Waals surface area contributed by atoms with E-state index in [0.717, 1.165) is 16.1 Å². The van der Waals surface area contributed by atoms with Crippen molar-refractivity contribution in [3.05, 3.63) is 87.6 Å². The number of aromatic nitrogens is 1. The van der Waals surface area contributed by atoms with E-state index in [0.29, 0.717) is 27.3 Å². The number of fused-ring (bicyclic) bond motifs is 2. The zero-order chi connectivity index (χ0) is 18.4. The number of H-pyrrole nitrogens is 1. The number of rotatable bonds is 2. The quantitative estimate of drug-likeness (QED) is 0.566. The van der Waals surface area contributed by atoms with Crippen LogP contribution < -0.4 is 21.4 Å². The highest BCUT2D eigenvalue weighted by atomic mass is 16.3. The molecule has 0 saturated heterocycles. The summed E-state index contributed by atoms with van der Waals surface area (Å²) in [5, 5.41) is 12.6. The van der Waals surface area contributed by atoms with Crippen molar-refractivity contribution in [2.75, 3.05) is 0 Å². The Bertz CT molecular complexity index is 1460. The van der Waals surface area contributed by atoms with Crippen LogP contribution in [0, 0.1) is 0 Å². The molecule has 1 amide bonds. The lowest BCUT2D eigenvalue weighted by Crippen LogP contribution is -2.22. The molecule has 27 heavy (non-hydrogen) atoms. The van der Waals surface area contributed by atoms with Gasteiger partial charge in [-0.25, -0.2) is 4.99 Å². The van der Waals surface area contributed by atoms with Crippen LogP contribution in [0.4, 0.5) is 0 Å². The minimum atomic E-state index is -0.271. The first-order chi connectivity index (χ1) is 13.2. The molecule has 130 valence electrons. The van der Waals surface area contributed by atoms with Crippen LogP contribution in [0.3, 0.4) is 0 Å². The maximum absolute atomic E-state index is 12.2. The summed E-state index contributed by atoms with van der Waals surface area (Å²) in [6.07, 6.45) is 3.47. The van der Waals surface area contributed by atoms with Gasteiger partial charge in [0.25, 0.3) is 5.91 Å². The van der Waals surface area contributed by atoms with Gasteiger partial charge in [0.15, 0.2) is 5.88 Å². The first-order valence-corrected chi connectivity index (χ1v) is 8.50. The summed E-state index contributed by atoms with van der Waals surface area (Å²) in [4.78, 5) is 19.2. The normalized spacial score (nSPS) is 14.8. The van der Waals surface area contributed by atoms with Gasteiger partial charge in [0.05, 0.1) is 10.9 Å². The van der Waals surface area contributed by atoms with Gasteiger partial charge in [0.2, 0.25) is 0 Å². The molecule has 5 nitrogen and oxygen atoms in total. The second-order valence-corrected chi connectivity index (χ2v) is 6.31. The van der Waals surface area contributed by atoms with E-state index < -0.39 is 0 Å². The molecule has 0 spiro atoms. The number of carbonyl (C=O) groups is 1. The Balaban J connectivity index is 1.65. The molecule has 0 saturated carbocycles. The van der Waals surface area contributed by atoms with Crippen molar-refractivity contribution in [2.24, 2.45) is 4.99 Å². The molecule has 0 fully saturated rings. The lowest BCUT2D eigenvalue weighted by atomic mass is 10.1. The lowest BCUT2D eigenvalue weighted by molar-refractivity contribution is -0.112. The number of benzene rings is 2. The van der Waals surface area contributed by atoms with Crippen LogP contribution in [0.15, 0.2) is 70.1 Å². The second-order valence-electron chi connectivity index (χ2n) is 6.31. The van der Waals surface area contributed by atoms with Crippen LogP contribution >= 0.6 is 0 Å². The number of hydrogen-bond donors (Lipinski definition) is 2. The maximum atomic E-state index is 12.2. The van der Waals surface area contributed by atoms with Crippen molar-refractivity contribution in [3.8, 4) is 5.88 Å². The minimum absolute atomic E-state index is 0.0891. The molecule has 2 aromatic heterocycles. The predicted octanol–water partition coefficient (Wildman–Crippen LogP) is 1.09. The molecule has 4 aromatic rings. The fourth-order valence-electron chi connectivity index (χ4n) is 3.33. The first kappa shape index (κ1) is 15.4. The molecule has 1 aliphatic heterocycles. The molecule has 0 aliphatic carbocycles. The van der Waals surface area contributed by atoms with Gasteiger partial charge in [-0.2, -0.15) is 0 Å². The fourth-order valence-corrected chi connectivity index (χ4v) is 3.33. The van der Waals surface area contributed by atoms with E-state index in [1.807, 2.05) is 48.5 Å². The van der Waals surface area contributed by atoms with E-state index in [2.05, 4.69) is 9.98 Å². The van der Waals surface area contributed by atoms with Crippen molar-refractivity contribution in [1.82, 2.24) is 4.98 Å². The number of nitrogens with zero attached hydrogens (tertiary/aromatic N) is 1. The zero-order valence-electron chi connectivity index (χ0n) is 14.1. The largest absolute Gasteiger partial charge is 0.494 e. The van der Waals surface area contributed by atoms with Gasteiger partial charge in [-0.3, -0.25) is 4.79 Å². The summed E-state index contributed by atoms with van der Waals surface area (Å²) in [6.45, 7) is 0. The van der Waals surface area contributed by atoms with Crippen LogP contribution in [0.5, 0.6) is 5.88 Å². The molecule has 2 N–H and O–H groups in total. The number of aromatic hydroxyl groups is 1. The third kappa shape index (κ3) is 2.57. The summed E-state index contributed by atoms with van der Waals surface area (Å²) >= 11 is 0. The van der Waals surface area contributed by atoms with Crippen LogP contribution in [-0.2, 0) is 4.79 Å². The van der Waals surface area contributed by atoms with Gasteiger partial charge in [0.1, 0.15) is 10.8 Å². The SMILES string of the molecule is O=C1N=c2ccccc2=C1C=c1ccc(=Cc2c(O)[nH]c3ccccc23)o1. The first-order valence-electron chi connectivity index (χ1n) is 8.50. The summed E-state index contributed by atoms with van der Waals surface area (Å²) in [5.74, 6) is -0.182. The standard InChI is InChI=1S/C22H14N2O3/c25-21-17(15-5-1-3-7-19(15)23-21)11-13-9-10-14(27-13)12-18-16-6-2-4-8-20(16)24-22(18)26/h1-12,23,25H. The van der Waals surface area contributed by atoms with Crippen molar-refractivity contribution in [1.29, 1.82) is 0 Å². The summed E-state index contributed by atoms with van der Waals surface area (Å²) < 4.78 is 5.84. The molecule has 0 bridgehead atoms. The highest BCUT2D eigenvalue weighted by Crippen LogP contribution is 2.27. The Hall–Kier alpha value is -3.86. The van der Waals surface area contributed by atoms with Crippen molar-refractivity contribution in [3.63, 3.8) is 0 Å². The summed E-state index contributed by atoms with van der Waals surface area (Å²) in [7, 11) is 0. The molecular formula is C22H14N2O3. The average molecular weight is 354 g/mol. The van der Waals surface area contributed by atoms with Gasteiger partial charge >= 0.3 is 0 Å². The Kier molecular flexibility index (Phi) is 3.33. The summed E-state index contributed by atoms with van der Waals surface area (Å²) in [5.41, 5.74) is 3.16. The topological polar surface area (TPSA) is 78.6 Å². The van der Waals surface area contributed by atoms with Gasteiger partial charge in [-0.05, 0) is 36.4 Å². The van der Waals surface area contributed by atoms with E-state index in [-0.39, 0.29) is 11.8 Å². The Morgan fingerprint density at radius 2 is 1.67 bits per heavy atom.